The van der Waals surface area contributed by atoms with Crippen LogP contribution in [-0.4, -0.2) is 18.4 Å². The minimum absolute atomic E-state index is 0.00222. The normalized spacial score (nSPS) is 15.6. The average Bonchev–Trinajstić information content (AvgIpc) is 2.73. The summed E-state index contributed by atoms with van der Waals surface area (Å²) in [5.74, 6) is 0.158. The molecule has 0 bridgehead atoms. The number of nitrogens with one attached hydrogen (secondary N) is 1. The van der Waals surface area contributed by atoms with E-state index in [1.54, 1.807) is 4.90 Å². The summed E-state index contributed by atoms with van der Waals surface area (Å²) in [7, 11) is 0. The van der Waals surface area contributed by atoms with E-state index in [0.29, 0.717) is 12.8 Å². The molecule has 1 saturated heterocycles. The third-order valence-electron chi connectivity index (χ3n) is 3.21. The first kappa shape index (κ1) is 14.6. The van der Waals surface area contributed by atoms with Crippen LogP contribution in [0.4, 0.5) is 11.4 Å². The fourth-order valence-electron chi connectivity index (χ4n) is 2.36. The molecule has 108 valence electrons. The lowest BCUT2D eigenvalue weighted by Crippen LogP contribution is -2.24. The highest BCUT2D eigenvalue weighted by molar-refractivity contribution is 5.97. The maximum Gasteiger partial charge on any atom is 0.227 e. The molecule has 0 aliphatic carbocycles. The van der Waals surface area contributed by atoms with Gasteiger partial charge in [-0.15, -0.1) is 0 Å². The van der Waals surface area contributed by atoms with Gasteiger partial charge in [0.05, 0.1) is 0 Å². The van der Waals surface area contributed by atoms with Gasteiger partial charge in [-0.1, -0.05) is 26.8 Å². The Bertz CT molecular complexity index is 517. The molecule has 2 amide bonds. The Morgan fingerprint density at radius 3 is 2.70 bits per heavy atom. The van der Waals surface area contributed by atoms with Crippen molar-refractivity contribution < 1.29 is 9.59 Å². The van der Waals surface area contributed by atoms with Crippen LogP contribution in [0, 0.1) is 5.41 Å². The van der Waals surface area contributed by atoms with Crippen molar-refractivity contribution in [1.82, 2.24) is 0 Å². The van der Waals surface area contributed by atoms with Crippen molar-refractivity contribution in [2.75, 3.05) is 16.8 Å². The van der Waals surface area contributed by atoms with Gasteiger partial charge in [0.2, 0.25) is 11.8 Å². The summed E-state index contributed by atoms with van der Waals surface area (Å²) in [5.41, 5.74) is 1.57. The summed E-state index contributed by atoms with van der Waals surface area (Å²) in [5, 5.41) is 2.90. The number of carbonyl (C=O) groups is 2. The molecule has 20 heavy (non-hydrogen) atoms. The van der Waals surface area contributed by atoms with E-state index in [-0.39, 0.29) is 17.2 Å². The lowest BCUT2D eigenvalue weighted by Gasteiger charge is -2.19. The molecule has 0 aromatic heterocycles. The van der Waals surface area contributed by atoms with E-state index in [0.717, 1.165) is 24.3 Å². The van der Waals surface area contributed by atoms with Gasteiger partial charge in [0.1, 0.15) is 0 Å². The third kappa shape index (κ3) is 3.83. The first-order valence-electron chi connectivity index (χ1n) is 7.05. The maximum absolute atomic E-state index is 11.9. The lowest BCUT2D eigenvalue weighted by atomic mass is 9.92. The van der Waals surface area contributed by atoms with E-state index in [9.17, 15) is 9.59 Å². The molecule has 4 nitrogen and oxygen atoms in total. The van der Waals surface area contributed by atoms with Crippen LogP contribution in [0.3, 0.4) is 0 Å². The van der Waals surface area contributed by atoms with Gasteiger partial charge in [-0.3, -0.25) is 9.59 Å². The van der Waals surface area contributed by atoms with Crippen LogP contribution in [0.2, 0.25) is 0 Å². The van der Waals surface area contributed by atoms with Crippen molar-refractivity contribution in [3.05, 3.63) is 24.3 Å². The number of nitrogens with zero attached hydrogens (tertiary/aromatic N) is 1. The van der Waals surface area contributed by atoms with Gasteiger partial charge in [0.25, 0.3) is 0 Å². The quantitative estimate of drug-likeness (QED) is 0.920. The zero-order valence-electron chi connectivity index (χ0n) is 12.4. The Hall–Kier alpha value is -1.84. The zero-order valence-corrected chi connectivity index (χ0v) is 12.4. The van der Waals surface area contributed by atoms with E-state index in [1.165, 1.54) is 0 Å². The molecule has 1 aromatic carbocycles. The van der Waals surface area contributed by atoms with Gasteiger partial charge in [-0.2, -0.15) is 0 Å². The third-order valence-corrected chi connectivity index (χ3v) is 3.21. The fraction of sp³-hybridized carbons (Fsp3) is 0.500. The van der Waals surface area contributed by atoms with Crippen LogP contribution < -0.4 is 10.2 Å². The van der Waals surface area contributed by atoms with Crippen LogP contribution in [-0.2, 0) is 9.59 Å². The smallest absolute Gasteiger partial charge is 0.227 e. The molecule has 1 aliphatic rings. The molecule has 2 rings (SSSR count). The van der Waals surface area contributed by atoms with Crippen LogP contribution in [0.25, 0.3) is 0 Å². The molecular formula is C16H22N2O2. The minimum Gasteiger partial charge on any atom is -0.326 e. The average molecular weight is 274 g/mol. The first-order valence-corrected chi connectivity index (χ1v) is 7.05. The minimum atomic E-state index is -0.0351. The number of rotatable bonds is 3. The van der Waals surface area contributed by atoms with Gasteiger partial charge in [0, 0.05) is 30.8 Å². The molecule has 4 heteroatoms. The number of carbonyl (C=O) groups excluding carboxylic acids is 2. The molecule has 1 N–H and O–H groups in total. The van der Waals surface area contributed by atoms with Crippen LogP contribution in [0.5, 0.6) is 0 Å². The van der Waals surface area contributed by atoms with E-state index < -0.39 is 0 Å². The summed E-state index contributed by atoms with van der Waals surface area (Å²) >= 11 is 0. The van der Waals surface area contributed by atoms with Gasteiger partial charge in [0.15, 0.2) is 0 Å². The highest BCUT2D eigenvalue weighted by Crippen LogP contribution is 2.25. The van der Waals surface area contributed by atoms with Crippen molar-refractivity contribution in [2.45, 2.75) is 40.0 Å². The standard InChI is InChI=1S/C16H22N2O2/c1-16(2,3)11-14(19)17-12-6-4-7-13(10-12)18-9-5-8-15(18)20/h4,6-7,10H,5,8-9,11H2,1-3H3,(H,17,19). The summed E-state index contributed by atoms with van der Waals surface area (Å²) in [6.07, 6.45) is 1.99. The number of amides is 2. The second-order valence-electron chi connectivity index (χ2n) is 6.48. The van der Waals surface area contributed by atoms with Crippen molar-refractivity contribution in [1.29, 1.82) is 0 Å². The van der Waals surface area contributed by atoms with E-state index >= 15 is 0 Å². The molecule has 0 spiro atoms. The van der Waals surface area contributed by atoms with Gasteiger partial charge < -0.3 is 10.2 Å². The predicted molar refractivity (Wildman–Crippen MR) is 80.7 cm³/mol. The number of hydrogen-bond acceptors (Lipinski definition) is 2. The number of anilines is 2. The molecule has 1 aromatic rings. The van der Waals surface area contributed by atoms with Crippen molar-refractivity contribution in [3.8, 4) is 0 Å². The van der Waals surface area contributed by atoms with Gasteiger partial charge in [-0.25, -0.2) is 0 Å². The Kier molecular flexibility index (Phi) is 4.12. The zero-order chi connectivity index (χ0) is 14.8. The van der Waals surface area contributed by atoms with Crippen molar-refractivity contribution >= 4 is 23.2 Å². The van der Waals surface area contributed by atoms with Gasteiger partial charge >= 0.3 is 0 Å². The molecule has 0 unspecified atom stereocenters. The van der Waals surface area contributed by atoms with E-state index in [4.69, 9.17) is 0 Å². The Balaban J connectivity index is 2.06. The number of hydrogen-bond donors (Lipinski definition) is 1. The number of benzene rings is 1. The molecule has 1 heterocycles. The topological polar surface area (TPSA) is 49.4 Å². The SMILES string of the molecule is CC(C)(C)CC(=O)Nc1cccc(N2CCCC2=O)c1. The second kappa shape index (κ2) is 5.65. The summed E-state index contributed by atoms with van der Waals surface area (Å²) < 4.78 is 0. The van der Waals surface area contributed by atoms with Crippen LogP contribution in [0.15, 0.2) is 24.3 Å². The maximum atomic E-state index is 11.9. The molecule has 0 radical (unpaired) electrons. The highest BCUT2D eigenvalue weighted by Gasteiger charge is 2.22. The van der Waals surface area contributed by atoms with Crippen molar-refractivity contribution in [3.63, 3.8) is 0 Å². The summed E-state index contributed by atoms with van der Waals surface area (Å²) in [6.45, 7) is 6.86. The van der Waals surface area contributed by atoms with E-state index in [2.05, 4.69) is 5.32 Å². The Labute approximate surface area is 120 Å². The predicted octanol–water partition coefficient (Wildman–Crippen LogP) is 3.19. The fourth-order valence-corrected chi connectivity index (χ4v) is 2.36. The first-order chi connectivity index (χ1) is 9.35. The largest absolute Gasteiger partial charge is 0.326 e. The second-order valence-corrected chi connectivity index (χ2v) is 6.48. The Morgan fingerprint density at radius 2 is 2.10 bits per heavy atom. The van der Waals surface area contributed by atoms with Crippen LogP contribution in [0.1, 0.15) is 40.0 Å². The molecule has 1 fully saturated rings. The monoisotopic (exact) mass is 274 g/mol. The Morgan fingerprint density at radius 1 is 1.35 bits per heavy atom. The van der Waals surface area contributed by atoms with Crippen LogP contribution >= 0.6 is 0 Å². The molecule has 1 aliphatic heterocycles. The summed E-state index contributed by atoms with van der Waals surface area (Å²) in [4.78, 5) is 25.4. The lowest BCUT2D eigenvalue weighted by molar-refractivity contribution is -0.118. The summed E-state index contributed by atoms with van der Waals surface area (Å²) in [6, 6.07) is 7.49. The molecular weight excluding hydrogens is 252 g/mol. The van der Waals surface area contributed by atoms with E-state index in [1.807, 2.05) is 45.0 Å². The van der Waals surface area contributed by atoms with Gasteiger partial charge in [-0.05, 0) is 30.0 Å². The molecule has 0 saturated carbocycles. The highest BCUT2D eigenvalue weighted by atomic mass is 16.2. The van der Waals surface area contributed by atoms with Crippen molar-refractivity contribution in [2.24, 2.45) is 5.41 Å². The molecule has 0 atom stereocenters.